The van der Waals surface area contributed by atoms with Crippen molar-refractivity contribution in [1.82, 2.24) is 4.98 Å². The molecule has 0 aromatic carbocycles. The molecular formula is C11H14N2O2. The summed E-state index contributed by atoms with van der Waals surface area (Å²) >= 11 is 0. The third kappa shape index (κ3) is 3.42. The number of nitrogens with zero attached hydrogens (tertiary/aromatic N) is 1. The molecule has 80 valence electrons. The van der Waals surface area contributed by atoms with E-state index in [4.69, 9.17) is 10.5 Å². The first kappa shape index (κ1) is 11.2. The lowest BCUT2D eigenvalue weighted by molar-refractivity contribution is -0.137. The quantitative estimate of drug-likeness (QED) is 0.602. The summed E-state index contributed by atoms with van der Waals surface area (Å²) in [5.74, 6) is 0.0274. The average molecular weight is 206 g/mol. The summed E-state index contributed by atoms with van der Waals surface area (Å²) in [6.07, 6.45) is 4.63. The summed E-state index contributed by atoms with van der Waals surface area (Å²) in [6.45, 7) is 4.03. The molecule has 0 spiro atoms. The summed E-state index contributed by atoms with van der Waals surface area (Å²) in [4.78, 5) is 15.0. The van der Waals surface area contributed by atoms with E-state index in [9.17, 15) is 4.79 Å². The van der Waals surface area contributed by atoms with E-state index in [0.717, 1.165) is 11.1 Å². The first-order valence-corrected chi connectivity index (χ1v) is 4.70. The maximum absolute atomic E-state index is 11.0. The zero-order valence-corrected chi connectivity index (χ0v) is 8.86. The third-order valence-electron chi connectivity index (χ3n) is 1.77. The fraction of sp³-hybridized carbons (Fsp3) is 0.273. The van der Waals surface area contributed by atoms with E-state index in [-0.39, 0.29) is 5.97 Å². The summed E-state index contributed by atoms with van der Waals surface area (Å²) in [6, 6.07) is 1.86. The van der Waals surface area contributed by atoms with Crippen LogP contribution in [0.5, 0.6) is 0 Å². The molecule has 0 saturated carbocycles. The normalized spacial score (nSPS) is 10.5. The summed E-state index contributed by atoms with van der Waals surface area (Å²) in [7, 11) is 0. The predicted molar refractivity (Wildman–Crippen MR) is 59.1 cm³/mol. The molecule has 1 aromatic heterocycles. The van der Waals surface area contributed by atoms with Crippen molar-refractivity contribution in [3.8, 4) is 0 Å². The minimum absolute atomic E-state index is 0.366. The number of aromatic nitrogens is 1. The second-order valence-corrected chi connectivity index (χ2v) is 3.07. The molecule has 15 heavy (non-hydrogen) atoms. The van der Waals surface area contributed by atoms with Gasteiger partial charge in [-0.05, 0) is 31.6 Å². The molecule has 0 bridgehead atoms. The fourth-order valence-corrected chi connectivity index (χ4v) is 1.08. The van der Waals surface area contributed by atoms with Gasteiger partial charge in [0.05, 0.1) is 6.61 Å². The zero-order chi connectivity index (χ0) is 11.3. The lowest BCUT2D eigenvalue weighted by Gasteiger charge is -2.00. The lowest BCUT2D eigenvalue weighted by Crippen LogP contribution is -1.99. The molecule has 0 saturated heterocycles. The topological polar surface area (TPSA) is 65.2 Å². The standard InChI is InChI=1S/C11H14N2O2/c1-3-15-10(14)5-4-9-6-8(2)7-13-11(9)12/h4-7H,3H2,1-2H3,(H2,12,13). The van der Waals surface area contributed by atoms with Crippen LogP contribution in [0.15, 0.2) is 18.3 Å². The number of pyridine rings is 1. The highest BCUT2D eigenvalue weighted by molar-refractivity contribution is 5.87. The number of hydrogen-bond donors (Lipinski definition) is 1. The molecule has 4 nitrogen and oxygen atoms in total. The summed E-state index contributed by atoms with van der Waals surface area (Å²) < 4.78 is 4.75. The molecule has 0 aliphatic heterocycles. The summed E-state index contributed by atoms with van der Waals surface area (Å²) in [5.41, 5.74) is 7.35. The van der Waals surface area contributed by atoms with Crippen LogP contribution in [0.25, 0.3) is 6.08 Å². The van der Waals surface area contributed by atoms with Gasteiger partial charge in [-0.15, -0.1) is 0 Å². The predicted octanol–water partition coefficient (Wildman–Crippen LogP) is 1.55. The molecule has 0 atom stereocenters. The van der Waals surface area contributed by atoms with Gasteiger partial charge in [0.2, 0.25) is 0 Å². The summed E-state index contributed by atoms with van der Waals surface area (Å²) in [5, 5.41) is 0. The molecule has 4 heteroatoms. The van der Waals surface area contributed by atoms with Gasteiger partial charge in [0.15, 0.2) is 0 Å². The Hall–Kier alpha value is -1.84. The van der Waals surface area contributed by atoms with Gasteiger partial charge < -0.3 is 10.5 Å². The number of anilines is 1. The van der Waals surface area contributed by atoms with Crippen molar-refractivity contribution in [2.24, 2.45) is 0 Å². The van der Waals surface area contributed by atoms with Gasteiger partial charge in [0.1, 0.15) is 5.82 Å². The highest BCUT2D eigenvalue weighted by Crippen LogP contribution is 2.11. The number of nitrogens with two attached hydrogens (primary N) is 1. The smallest absolute Gasteiger partial charge is 0.330 e. The first-order valence-electron chi connectivity index (χ1n) is 4.70. The van der Waals surface area contributed by atoms with Gasteiger partial charge in [-0.25, -0.2) is 9.78 Å². The van der Waals surface area contributed by atoms with Crippen LogP contribution >= 0.6 is 0 Å². The Kier molecular flexibility index (Phi) is 3.85. The van der Waals surface area contributed by atoms with Crippen molar-refractivity contribution in [1.29, 1.82) is 0 Å². The number of esters is 1. The van der Waals surface area contributed by atoms with Crippen LogP contribution in [0, 0.1) is 6.92 Å². The maximum atomic E-state index is 11.0. The molecule has 1 heterocycles. The average Bonchev–Trinajstić information content (AvgIpc) is 2.20. The van der Waals surface area contributed by atoms with Gasteiger partial charge in [0.25, 0.3) is 0 Å². The Labute approximate surface area is 88.8 Å². The van der Waals surface area contributed by atoms with Gasteiger partial charge in [0, 0.05) is 17.8 Å². The van der Waals surface area contributed by atoms with Gasteiger partial charge >= 0.3 is 5.97 Å². The molecule has 0 aliphatic carbocycles. The van der Waals surface area contributed by atoms with Crippen LogP contribution in [-0.2, 0) is 9.53 Å². The van der Waals surface area contributed by atoms with E-state index in [2.05, 4.69) is 4.98 Å². The molecular weight excluding hydrogens is 192 g/mol. The molecule has 0 fully saturated rings. The van der Waals surface area contributed by atoms with Crippen LogP contribution < -0.4 is 5.73 Å². The van der Waals surface area contributed by atoms with E-state index in [1.165, 1.54) is 6.08 Å². The van der Waals surface area contributed by atoms with Crippen LogP contribution in [0.2, 0.25) is 0 Å². The van der Waals surface area contributed by atoms with Crippen molar-refractivity contribution in [2.75, 3.05) is 12.3 Å². The number of aryl methyl sites for hydroxylation is 1. The van der Waals surface area contributed by atoms with E-state index < -0.39 is 0 Å². The molecule has 1 aromatic rings. The second kappa shape index (κ2) is 5.14. The van der Waals surface area contributed by atoms with Crippen molar-refractivity contribution >= 4 is 17.9 Å². The van der Waals surface area contributed by atoms with Crippen LogP contribution in [0.1, 0.15) is 18.1 Å². The maximum Gasteiger partial charge on any atom is 0.330 e. The highest BCUT2D eigenvalue weighted by Gasteiger charge is 1.98. The van der Waals surface area contributed by atoms with Gasteiger partial charge in [-0.1, -0.05) is 0 Å². The fourth-order valence-electron chi connectivity index (χ4n) is 1.08. The van der Waals surface area contributed by atoms with Crippen LogP contribution in [-0.4, -0.2) is 17.6 Å². The minimum Gasteiger partial charge on any atom is -0.463 e. The molecule has 2 N–H and O–H groups in total. The first-order chi connectivity index (χ1) is 7.13. The van der Waals surface area contributed by atoms with Crippen molar-refractivity contribution < 1.29 is 9.53 Å². The highest BCUT2D eigenvalue weighted by atomic mass is 16.5. The van der Waals surface area contributed by atoms with E-state index in [1.807, 2.05) is 13.0 Å². The Morgan fingerprint density at radius 3 is 3.07 bits per heavy atom. The Morgan fingerprint density at radius 1 is 1.67 bits per heavy atom. The SMILES string of the molecule is CCOC(=O)C=Cc1cc(C)cnc1N. The minimum atomic E-state index is -0.376. The number of carbonyl (C=O) groups excluding carboxylic acids is 1. The zero-order valence-electron chi connectivity index (χ0n) is 8.86. The number of carbonyl (C=O) groups is 1. The number of hydrogen-bond acceptors (Lipinski definition) is 4. The van der Waals surface area contributed by atoms with Crippen LogP contribution in [0.3, 0.4) is 0 Å². The molecule has 1 rings (SSSR count). The van der Waals surface area contributed by atoms with Gasteiger partial charge in [-0.2, -0.15) is 0 Å². The Morgan fingerprint density at radius 2 is 2.40 bits per heavy atom. The van der Waals surface area contributed by atoms with Crippen molar-refractivity contribution in [3.63, 3.8) is 0 Å². The number of ether oxygens (including phenoxy) is 1. The van der Waals surface area contributed by atoms with E-state index >= 15 is 0 Å². The Balaban J connectivity index is 2.79. The van der Waals surface area contributed by atoms with Crippen molar-refractivity contribution in [3.05, 3.63) is 29.5 Å². The second-order valence-electron chi connectivity index (χ2n) is 3.07. The largest absolute Gasteiger partial charge is 0.463 e. The number of rotatable bonds is 3. The monoisotopic (exact) mass is 206 g/mol. The molecule has 0 aliphatic rings. The third-order valence-corrected chi connectivity index (χ3v) is 1.77. The van der Waals surface area contributed by atoms with E-state index in [1.54, 1.807) is 19.2 Å². The van der Waals surface area contributed by atoms with Crippen LogP contribution in [0.4, 0.5) is 5.82 Å². The number of nitrogen functional groups attached to an aromatic ring is 1. The molecule has 0 amide bonds. The Bertz CT molecular complexity index is 386. The lowest BCUT2D eigenvalue weighted by atomic mass is 10.2. The van der Waals surface area contributed by atoms with Gasteiger partial charge in [-0.3, -0.25) is 0 Å². The molecule has 0 unspecified atom stereocenters. The van der Waals surface area contributed by atoms with Crippen molar-refractivity contribution in [2.45, 2.75) is 13.8 Å². The van der Waals surface area contributed by atoms with E-state index in [0.29, 0.717) is 12.4 Å². The molecule has 0 radical (unpaired) electrons.